The summed E-state index contributed by atoms with van der Waals surface area (Å²) in [6.07, 6.45) is 0.925. The topological polar surface area (TPSA) is 52.7 Å². The molecule has 0 amide bonds. The first-order valence-electron chi connectivity index (χ1n) is 7.49. The third kappa shape index (κ3) is 3.65. The molecule has 1 atom stereocenters. The lowest BCUT2D eigenvalue weighted by Gasteiger charge is -2.25. The van der Waals surface area contributed by atoms with Crippen LogP contribution in [0.1, 0.15) is 25.1 Å². The zero-order chi connectivity index (χ0) is 15.5. The van der Waals surface area contributed by atoms with Crippen molar-refractivity contribution in [1.29, 1.82) is 0 Å². The van der Waals surface area contributed by atoms with Crippen molar-refractivity contribution in [3.8, 4) is 0 Å². The molecule has 0 aromatic carbocycles. The molecule has 21 heavy (non-hydrogen) atoms. The number of rotatable bonds is 7. The van der Waals surface area contributed by atoms with Crippen molar-refractivity contribution in [3.63, 3.8) is 0 Å². The molecular formula is C14H25N3O2S2. The molecule has 120 valence electrons. The quantitative estimate of drug-likeness (QED) is 0.824. The van der Waals surface area contributed by atoms with Crippen molar-refractivity contribution in [2.24, 2.45) is 0 Å². The summed E-state index contributed by atoms with van der Waals surface area (Å²) >= 11 is 1.50. The predicted octanol–water partition coefficient (Wildman–Crippen LogP) is 1.57. The van der Waals surface area contributed by atoms with Crippen molar-refractivity contribution in [1.82, 2.24) is 14.5 Å². The first-order valence-corrected chi connectivity index (χ1v) is 9.81. The average molecular weight is 332 g/mol. The van der Waals surface area contributed by atoms with Crippen LogP contribution in [0.5, 0.6) is 0 Å². The third-order valence-electron chi connectivity index (χ3n) is 4.07. The van der Waals surface area contributed by atoms with Crippen LogP contribution in [0.25, 0.3) is 0 Å². The lowest BCUT2D eigenvalue weighted by atomic mass is 10.2. The monoisotopic (exact) mass is 331 g/mol. The summed E-state index contributed by atoms with van der Waals surface area (Å²) in [6.45, 7) is 8.15. The van der Waals surface area contributed by atoms with Crippen LogP contribution in [-0.4, -0.2) is 56.9 Å². The molecule has 1 N–H and O–H groups in total. The van der Waals surface area contributed by atoms with E-state index in [1.165, 1.54) is 11.3 Å². The molecule has 0 radical (unpaired) electrons. The largest absolute Gasteiger partial charge is 0.315 e. The molecule has 1 unspecified atom stereocenters. The van der Waals surface area contributed by atoms with Gasteiger partial charge in [-0.3, -0.25) is 4.90 Å². The molecule has 1 aliphatic rings. The van der Waals surface area contributed by atoms with Crippen LogP contribution >= 0.6 is 11.3 Å². The van der Waals surface area contributed by atoms with E-state index in [1.54, 1.807) is 15.8 Å². The van der Waals surface area contributed by atoms with Crippen LogP contribution < -0.4 is 5.32 Å². The van der Waals surface area contributed by atoms with Gasteiger partial charge in [0.05, 0.1) is 4.90 Å². The maximum absolute atomic E-state index is 12.7. The molecular weight excluding hydrogens is 306 g/mol. The first kappa shape index (κ1) is 16.9. The lowest BCUT2D eigenvalue weighted by Crippen LogP contribution is -2.38. The van der Waals surface area contributed by atoms with Crippen LogP contribution in [0.15, 0.2) is 16.3 Å². The van der Waals surface area contributed by atoms with E-state index in [0.29, 0.717) is 30.6 Å². The van der Waals surface area contributed by atoms with Gasteiger partial charge in [-0.1, -0.05) is 13.8 Å². The van der Waals surface area contributed by atoms with Crippen LogP contribution in [0.3, 0.4) is 0 Å². The highest BCUT2D eigenvalue weighted by Gasteiger charge is 2.34. The molecule has 1 aliphatic heterocycles. The number of sulfonamides is 1. The summed E-state index contributed by atoms with van der Waals surface area (Å²) in [6, 6.07) is 2.14. The van der Waals surface area contributed by atoms with Gasteiger partial charge in [0.25, 0.3) is 0 Å². The van der Waals surface area contributed by atoms with E-state index in [0.717, 1.165) is 24.4 Å². The Morgan fingerprint density at radius 1 is 1.43 bits per heavy atom. The maximum Gasteiger partial charge on any atom is 0.243 e. The molecule has 2 rings (SSSR count). The molecule has 1 saturated heterocycles. The number of nitrogens with zero attached hydrogens (tertiary/aromatic N) is 2. The second kappa shape index (κ2) is 7.19. The lowest BCUT2D eigenvalue weighted by molar-refractivity contribution is 0.224. The molecule has 1 fully saturated rings. The molecule has 5 nitrogen and oxygen atoms in total. The van der Waals surface area contributed by atoms with E-state index in [4.69, 9.17) is 0 Å². The molecule has 0 spiro atoms. The summed E-state index contributed by atoms with van der Waals surface area (Å²) in [7, 11) is -1.47. The minimum absolute atomic E-state index is 0.352. The van der Waals surface area contributed by atoms with Crippen molar-refractivity contribution in [2.45, 2.75) is 37.8 Å². The van der Waals surface area contributed by atoms with Gasteiger partial charge in [0.2, 0.25) is 10.0 Å². The third-order valence-corrected chi connectivity index (χ3v) is 7.00. The van der Waals surface area contributed by atoms with Crippen molar-refractivity contribution >= 4 is 21.4 Å². The number of thiophene rings is 1. The Morgan fingerprint density at radius 2 is 2.14 bits per heavy atom. The van der Waals surface area contributed by atoms with E-state index < -0.39 is 10.0 Å². The fourth-order valence-electron chi connectivity index (χ4n) is 2.88. The Bertz CT molecular complexity index is 552. The van der Waals surface area contributed by atoms with Gasteiger partial charge < -0.3 is 5.32 Å². The zero-order valence-electron chi connectivity index (χ0n) is 13.0. The highest BCUT2D eigenvalue weighted by Crippen LogP contribution is 2.26. The standard InChI is InChI=1S/C14H25N3O2S2/c1-4-16(5-2)12-6-7-17(10-12)21(18,19)14-8-13(9-15-3)20-11-14/h8,11-12,15H,4-7,9-10H2,1-3H3. The molecule has 1 aromatic rings. The Balaban J connectivity index is 2.10. The number of hydrogen-bond donors (Lipinski definition) is 1. The normalized spacial score (nSPS) is 20.5. The zero-order valence-corrected chi connectivity index (χ0v) is 14.6. The van der Waals surface area contributed by atoms with Gasteiger partial charge in [-0.15, -0.1) is 11.3 Å². The van der Waals surface area contributed by atoms with Gasteiger partial charge in [-0.2, -0.15) is 4.31 Å². The second-order valence-corrected chi connectivity index (χ2v) is 8.24. The Morgan fingerprint density at radius 3 is 2.76 bits per heavy atom. The van der Waals surface area contributed by atoms with Gasteiger partial charge in [0.15, 0.2) is 0 Å². The summed E-state index contributed by atoms with van der Waals surface area (Å²) < 4.78 is 27.0. The smallest absolute Gasteiger partial charge is 0.243 e. The Hall–Kier alpha value is -0.470. The fraction of sp³-hybridized carbons (Fsp3) is 0.714. The van der Waals surface area contributed by atoms with Crippen molar-refractivity contribution in [2.75, 3.05) is 33.2 Å². The summed E-state index contributed by atoms with van der Waals surface area (Å²) in [4.78, 5) is 3.84. The van der Waals surface area contributed by atoms with Crippen LogP contribution in [0, 0.1) is 0 Å². The Kier molecular flexibility index (Phi) is 5.79. The number of nitrogens with one attached hydrogen (secondary N) is 1. The number of hydrogen-bond acceptors (Lipinski definition) is 5. The minimum Gasteiger partial charge on any atom is -0.315 e. The van der Waals surface area contributed by atoms with Crippen LogP contribution in [0.4, 0.5) is 0 Å². The van der Waals surface area contributed by atoms with Crippen molar-refractivity contribution in [3.05, 3.63) is 16.3 Å². The van der Waals surface area contributed by atoms with E-state index in [-0.39, 0.29) is 0 Å². The van der Waals surface area contributed by atoms with Gasteiger partial charge in [0.1, 0.15) is 0 Å². The first-order chi connectivity index (χ1) is 10.0. The highest BCUT2D eigenvalue weighted by molar-refractivity contribution is 7.89. The van der Waals surface area contributed by atoms with Gasteiger partial charge in [-0.25, -0.2) is 8.42 Å². The Labute approximate surface area is 132 Å². The van der Waals surface area contributed by atoms with E-state index >= 15 is 0 Å². The molecule has 2 heterocycles. The van der Waals surface area contributed by atoms with E-state index in [1.807, 2.05) is 7.05 Å². The second-order valence-electron chi connectivity index (χ2n) is 5.31. The maximum atomic E-state index is 12.7. The molecule has 0 bridgehead atoms. The van der Waals surface area contributed by atoms with Gasteiger partial charge in [0, 0.05) is 35.9 Å². The minimum atomic E-state index is -3.33. The van der Waals surface area contributed by atoms with Gasteiger partial charge in [-0.05, 0) is 32.6 Å². The van der Waals surface area contributed by atoms with Crippen LogP contribution in [-0.2, 0) is 16.6 Å². The molecule has 7 heteroatoms. The summed E-state index contributed by atoms with van der Waals surface area (Å²) in [5.74, 6) is 0. The highest BCUT2D eigenvalue weighted by atomic mass is 32.2. The molecule has 1 aromatic heterocycles. The average Bonchev–Trinajstić information content (AvgIpc) is 3.10. The molecule has 0 saturated carbocycles. The van der Waals surface area contributed by atoms with Crippen LogP contribution in [0.2, 0.25) is 0 Å². The fourth-order valence-corrected chi connectivity index (χ4v) is 5.65. The number of likely N-dealkylation sites (N-methyl/N-ethyl adjacent to an activating group) is 1. The van der Waals surface area contributed by atoms with Gasteiger partial charge >= 0.3 is 0 Å². The predicted molar refractivity (Wildman–Crippen MR) is 87.2 cm³/mol. The van der Waals surface area contributed by atoms with E-state index in [2.05, 4.69) is 24.1 Å². The summed E-state index contributed by atoms with van der Waals surface area (Å²) in [5, 5.41) is 4.81. The van der Waals surface area contributed by atoms with E-state index in [9.17, 15) is 8.42 Å². The molecule has 0 aliphatic carbocycles. The van der Waals surface area contributed by atoms with Crippen molar-refractivity contribution < 1.29 is 8.42 Å². The summed E-state index contributed by atoms with van der Waals surface area (Å²) in [5.41, 5.74) is 0. The SMILES string of the molecule is CCN(CC)C1CCN(S(=O)(=O)c2csc(CNC)c2)C1.